The van der Waals surface area contributed by atoms with Gasteiger partial charge in [-0.2, -0.15) is 0 Å². The van der Waals surface area contributed by atoms with Crippen molar-refractivity contribution in [2.24, 2.45) is 0 Å². The first kappa shape index (κ1) is 34.5. The normalized spacial score (nSPS) is 14.1. The van der Waals surface area contributed by atoms with Gasteiger partial charge in [-0.1, -0.05) is 133 Å². The van der Waals surface area contributed by atoms with Crippen LogP contribution in [0.25, 0.3) is 21.9 Å². The number of nitrogens with zero attached hydrogens (tertiary/aromatic N) is 1. The van der Waals surface area contributed by atoms with Crippen LogP contribution in [-0.2, 0) is 0 Å². The molecule has 0 bridgehead atoms. The quantitative estimate of drug-likeness (QED) is 0.160. The van der Waals surface area contributed by atoms with Gasteiger partial charge in [0.2, 0.25) is 0 Å². The summed E-state index contributed by atoms with van der Waals surface area (Å²) in [6.45, 7) is 0. The molecule has 0 aliphatic carbocycles. The molecule has 0 saturated heterocycles. The fourth-order valence-corrected chi connectivity index (χ4v) is 17.2. The van der Waals surface area contributed by atoms with Crippen molar-refractivity contribution in [2.75, 3.05) is 4.90 Å². The van der Waals surface area contributed by atoms with E-state index >= 15 is 0 Å². The highest BCUT2D eigenvalue weighted by atomic mass is 32.3. The first-order valence-electron chi connectivity index (χ1n) is 19.7. The summed E-state index contributed by atoms with van der Waals surface area (Å²) in [5, 5.41) is 2.21. The van der Waals surface area contributed by atoms with E-state index in [2.05, 4.69) is 241 Å². The highest BCUT2D eigenvalue weighted by Gasteiger charge is 2.43. The number of rotatable bonds is 7. The zero-order valence-corrected chi connectivity index (χ0v) is 33.3. The standard InChI is InChI=1S/C54H39NOS2/c1-6-22-41(23-7-1)57(42-24-8-2-9-25-42,43-26-10-3-11-27-43)53-39-40(38-47-46-32-16-19-35-50(46)56-54(47)53)55-48-33-17-20-36-51(48)58(44-28-12-4-13-29-44,45-30-14-5-15-31-45)52-37-21-18-34-49(52)55/h1-39H. The molecule has 0 spiro atoms. The minimum atomic E-state index is -2.13. The fraction of sp³-hybridized carbons (Fsp3) is 0. The first-order valence-corrected chi connectivity index (χ1v) is 22.9. The third kappa shape index (κ3) is 5.09. The molecule has 2 nitrogen and oxygen atoms in total. The predicted molar refractivity (Wildman–Crippen MR) is 242 cm³/mol. The molecular weight excluding hydrogens is 743 g/mol. The van der Waals surface area contributed by atoms with E-state index in [1.54, 1.807) is 0 Å². The van der Waals surface area contributed by atoms with Gasteiger partial charge in [0.05, 0.1) is 11.4 Å². The largest absolute Gasteiger partial charge is 0.455 e. The van der Waals surface area contributed by atoms with E-state index in [-0.39, 0.29) is 0 Å². The van der Waals surface area contributed by atoms with Crippen LogP contribution in [0.15, 0.2) is 280 Å². The summed E-state index contributed by atoms with van der Waals surface area (Å²) in [5.41, 5.74) is 5.27. The molecule has 9 aromatic carbocycles. The van der Waals surface area contributed by atoms with Gasteiger partial charge in [0.15, 0.2) is 0 Å². The van der Waals surface area contributed by atoms with Gasteiger partial charge in [0.1, 0.15) is 11.2 Å². The molecule has 0 amide bonds. The second kappa shape index (κ2) is 14.0. The lowest BCUT2D eigenvalue weighted by molar-refractivity contribution is 0.659. The summed E-state index contributed by atoms with van der Waals surface area (Å²) < 4.78 is 7.09. The summed E-state index contributed by atoms with van der Waals surface area (Å²) >= 11 is 0. The molecule has 0 atom stereocenters. The lowest BCUT2D eigenvalue weighted by Crippen LogP contribution is -2.21. The Labute approximate surface area is 342 Å². The molecule has 4 heteroatoms. The molecule has 278 valence electrons. The number of benzene rings is 9. The third-order valence-corrected chi connectivity index (χ3v) is 19.2. The molecule has 1 aromatic heterocycles. The van der Waals surface area contributed by atoms with E-state index in [9.17, 15) is 0 Å². The van der Waals surface area contributed by atoms with E-state index in [0.717, 1.165) is 27.6 Å². The van der Waals surface area contributed by atoms with Gasteiger partial charge in [-0.25, -0.2) is 0 Å². The van der Waals surface area contributed by atoms with E-state index in [1.807, 2.05) is 0 Å². The van der Waals surface area contributed by atoms with Crippen LogP contribution in [0.2, 0.25) is 0 Å². The Morgan fingerprint density at radius 2 is 0.793 bits per heavy atom. The molecule has 1 aliphatic rings. The van der Waals surface area contributed by atoms with Gasteiger partial charge in [0.25, 0.3) is 0 Å². The third-order valence-electron chi connectivity index (χ3n) is 11.4. The van der Waals surface area contributed by atoms with Crippen molar-refractivity contribution in [3.05, 3.63) is 237 Å². The van der Waals surface area contributed by atoms with Crippen molar-refractivity contribution in [1.82, 2.24) is 0 Å². The molecule has 0 saturated carbocycles. The Balaban J connectivity index is 1.29. The summed E-state index contributed by atoms with van der Waals surface area (Å²) in [7, 11) is -4.03. The topological polar surface area (TPSA) is 16.4 Å². The minimum Gasteiger partial charge on any atom is -0.455 e. The van der Waals surface area contributed by atoms with Crippen molar-refractivity contribution in [3.8, 4) is 0 Å². The van der Waals surface area contributed by atoms with E-state index in [4.69, 9.17) is 4.42 Å². The number of hydrogen-bond donors (Lipinski definition) is 0. The van der Waals surface area contributed by atoms with Gasteiger partial charge in [-0.15, -0.1) is 20.1 Å². The highest BCUT2D eigenvalue weighted by Crippen LogP contribution is 2.80. The van der Waals surface area contributed by atoms with Crippen LogP contribution in [0.1, 0.15) is 0 Å². The van der Waals surface area contributed by atoms with Gasteiger partial charge in [-0.3, -0.25) is 0 Å². The Morgan fingerprint density at radius 3 is 1.29 bits per heavy atom. The van der Waals surface area contributed by atoms with Crippen LogP contribution in [0.4, 0.5) is 17.1 Å². The molecule has 0 N–H and O–H groups in total. The van der Waals surface area contributed by atoms with Gasteiger partial charge in [0, 0.05) is 55.6 Å². The average Bonchev–Trinajstić information content (AvgIpc) is 3.69. The van der Waals surface area contributed by atoms with Crippen LogP contribution in [0.3, 0.4) is 0 Å². The number of para-hydroxylation sites is 3. The van der Waals surface area contributed by atoms with E-state index in [1.165, 1.54) is 50.5 Å². The molecule has 11 rings (SSSR count). The zero-order chi connectivity index (χ0) is 38.5. The van der Waals surface area contributed by atoms with Gasteiger partial charge in [-0.05, 0) is 103 Å². The number of hydrogen-bond acceptors (Lipinski definition) is 2. The SMILES string of the molecule is c1ccc(S2(c3ccccc3)c3ccccc3N(c3cc(S(c4ccccc4)(c4ccccc4)c4ccccc4)c4oc5ccccc5c4c3)c3ccccc32)cc1. The number of furan rings is 1. The maximum atomic E-state index is 7.09. The van der Waals surface area contributed by atoms with Crippen LogP contribution in [0.5, 0.6) is 0 Å². The molecule has 0 radical (unpaired) electrons. The molecular formula is C54H39NOS2. The smallest absolute Gasteiger partial charge is 0.148 e. The monoisotopic (exact) mass is 781 g/mol. The number of fused-ring (bicyclic) bond motifs is 5. The van der Waals surface area contributed by atoms with E-state index in [0.29, 0.717) is 0 Å². The van der Waals surface area contributed by atoms with Crippen molar-refractivity contribution in [2.45, 2.75) is 39.2 Å². The maximum Gasteiger partial charge on any atom is 0.148 e. The second-order valence-electron chi connectivity index (χ2n) is 14.5. The molecule has 2 heterocycles. The van der Waals surface area contributed by atoms with Crippen LogP contribution in [0, 0.1) is 0 Å². The Hall–Kier alpha value is -6.72. The van der Waals surface area contributed by atoms with Gasteiger partial charge >= 0.3 is 0 Å². The summed E-state index contributed by atoms with van der Waals surface area (Å²) in [4.78, 5) is 12.7. The summed E-state index contributed by atoms with van der Waals surface area (Å²) in [6, 6.07) is 87.1. The zero-order valence-electron chi connectivity index (χ0n) is 31.7. The van der Waals surface area contributed by atoms with Crippen molar-refractivity contribution >= 4 is 59.1 Å². The Kier molecular flexibility index (Phi) is 8.35. The summed E-state index contributed by atoms with van der Waals surface area (Å²) in [5.74, 6) is 0. The van der Waals surface area contributed by atoms with Crippen LogP contribution >= 0.6 is 20.1 Å². The first-order chi connectivity index (χ1) is 28.8. The average molecular weight is 782 g/mol. The van der Waals surface area contributed by atoms with Gasteiger partial charge < -0.3 is 9.32 Å². The molecule has 58 heavy (non-hydrogen) atoms. The predicted octanol–water partition coefficient (Wildman–Crippen LogP) is 16.1. The molecule has 10 aromatic rings. The second-order valence-corrected chi connectivity index (χ2v) is 20.6. The lowest BCUT2D eigenvalue weighted by atomic mass is 10.1. The van der Waals surface area contributed by atoms with Crippen molar-refractivity contribution in [1.29, 1.82) is 0 Å². The fourth-order valence-electron chi connectivity index (χ4n) is 9.02. The number of anilines is 3. The Morgan fingerprint density at radius 1 is 0.379 bits per heavy atom. The highest BCUT2D eigenvalue weighted by molar-refractivity contribution is 8.34. The minimum absolute atomic E-state index is 0.884. The molecule has 0 fully saturated rings. The Bertz CT molecular complexity index is 2870. The van der Waals surface area contributed by atoms with Crippen LogP contribution in [-0.4, -0.2) is 0 Å². The summed E-state index contributed by atoms with van der Waals surface area (Å²) in [6.07, 6.45) is 0. The van der Waals surface area contributed by atoms with Crippen LogP contribution < -0.4 is 4.90 Å². The van der Waals surface area contributed by atoms with E-state index < -0.39 is 20.1 Å². The maximum absolute atomic E-state index is 7.09. The molecule has 0 unspecified atom stereocenters. The van der Waals surface area contributed by atoms with Crippen molar-refractivity contribution < 1.29 is 4.42 Å². The molecule has 1 aliphatic heterocycles. The lowest BCUT2D eigenvalue weighted by Gasteiger charge is -2.50. The van der Waals surface area contributed by atoms with Crippen molar-refractivity contribution in [3.63, 3.8) is 0 Å².